The average molecular weight is 456 g/mol. The fraction of sp³-hybridized carbons (Fsp3) is 0.0625. The van der Waals surface area contributed by atoms with Gasteiger partial charge in [0.25, 0.3) is 0 Å². The summed E-state index contributed by atoms with van der Waals surface area (Å²) < 4.78 is 3.69. The minimum Gasteiger partial charge on any atom is -0.309 e. The Balaban J connectivity index is 1.43. The van der Waals surface area contributed by atoms with E-state index < -0.39 is 0 Å². The zero-order chi connectivity index (χ0) is 23.2. The van der Waals surface area contributed by atoms with Crippen molar-refractivity contribution in [3.8, 4) is 5.69 Å². The first-order valence-electron chi connectivity index (χ1n) is 11.6. The van der Waals surface area contributed by atoms with Crippen molar-refractivity contribution in [2.75, 3.05) is 0 Å². The molecule has 0 bridgehead atoms. The van der Waals surface area contributed by atoms with Crippen molar-refractivity contribution < 1.29 is 0 Å². The number of nitrogens with zero attached hydrogens (tertiary/aromatic N) is 1. The first-order chi connectivity index (χ1) is 16.6. The van der Waals surface area contributed by atoms with Crippen LogP contribution in [0.5, 0.6) is 0 Å². The van der Waals surface area contributed by atoms with Gasteiger partial charge in [-0.2, -0.15) is 0 Å². The Hall–Kier alpha value is -3.88. The first kappa shape index (κ1) is 20.7. The van der Waals surface area contributed by atoms with Crippen LogP contribution >= 0.6 is 11.3 Å². The van der Waals surface area contributed by atoms with Gasteiger partial charge in [-0.3, -0.25) is 0 Å². The van der Waals surface area contributed by atoms with Gasteiger partial charge in [0.2, 0.25) is 0 Å². The quantitative estimate of drug-likeness (QED) is 0.233. The lowest BCUT2D eigenvalue weighted by atomic mass is 10.0. The summed E-state index contributed by atoms with van der Waals surface area (Å²) in [7, 11) is 0. The molecule has 0 saturated carbocycles. The highest BCUT2D eigenvalue weighted by Crippen LogP contribution is 2.36. The van der Waals surface area contributed by atoms with Crippen molar-refractivity contribution in [1.82, 2.24) is 4.57 Å². The molecule has 0 atom stereocenters. The predicted molar refractivity (Wildman–Crippen MR) is 150 cm³/mol. The van der Waals surface area contributed by atoms with Crippen LogP contribution in [0, 0.1) is 13.8 Å². The fourth-order valence-corrected chi connectivity index (χ4v) is 6.17. The number of para-hydroxylation sites is 2. The van der Waals surface area contributed by atoms with E-state index in [1.165, 1.54) is 53.6 Å². The van der Waals surface area contributed by atoms with Crippen LogP contribution in [0.2, 0.25) is 0 Å². The zero-order valence-corrected chi connectivity index (χ0v) is 20.2. The average Bonchev–Trinajstić information content (AvgIpc) is 3.38. The van der Waals surface area contributed by atoms with Crippen molar-refractivity contribution in [3.63, 3.8) is 0 Å². The summed E-state index contributed by atoms with van der Waals surface area (Å²) in [4.78, 5) is 1.30. The third-order valence-corrected chi connectivity index (χ3v) is 7.92. The molecule has 0 aliphatic heterocycles. The molecule has 0 N–H and O–H groups in total. The van der Waals surface area contributed by atoms with Gasteiger partial charge >= 0.3 is 0 Å². The van der Waals surface area contributed by atoms with Gasteiger partial charge in [-0.1, -0.05) is 67.3 Å². The lowest BCUT2D eigenvalue weighted by Gasteiger charge is -2.08. The summed E-state index contributed by atoms with van der Waals surface area (Å²) in [6, 6.07) is 32.4. The van der Waals surface area contributed by atoms with Gasteiger partial charge in [0.05, 0.1) is 11.0 Å². The van der Waals surface area contributed by atoms with Crippen molar-refractivity contribution in [3.05, 3.63) is 125 Å². The summed E-state index contributed by atoms with van der Waals surface area (Å²) in [6.45, 7) is 8.82. The maximum Gasteiger partial charge on any atom is 0.0541 e. The van der Waals surface area contributed by atoms with Gasteiger partial charge in [-0.15, -0.1) is 11.3 Å². The van der Waals surface area contributed by atoms with Crippen LogP contribution in [0.4, 0.5) is 0 Å². The lowest BCUT2D eigenvalue weighted by molar-refractivity contribution is 1.18. The van der Waals surface area contributed by atoms with Crippen LogP contribution in [0.25, 0.3) is 49.2 Å². The van der Waals surface area contributed by atoms with Crippen LogP contribution < -0.4 is 0 Å². The van der Waals surface area contributed by atoms with Crippen molar-refractivity contribution in [2.24, 2.45) is 0 Å². The highest BCUT2D eigenvalue weighted by atomic mass is 32.1. The number of benzene rings is 4. The number of rotatable bonds is 4. The second kappa shape index (κ2) is 8.16. The van der Waals surface area contributed by atoms with E-state index >= 15 is 0 Å². The summed E-state index contributed by atoms with van der Waals surface area (Å²) in [5.41, 5.74) is 8.47. The molecule has 6 rings (SSSR count). The van der Waals surface area contributed by atoms with E-state index in [-0.39, 0.29) is 0 Å². The molecule has 164 valence electrons. The molecule has 0 aliphatic carbocycles. The van der Waals surface area contributed by atoms with Gasteiger partial charge in [0.15, 0.2) is 0 Å². The third-order valence-electron chi connectivity index (χ3n) is 6.69. The van der Waals surface area contributed by atoms with Crippen molar-refractivity contribution in [2.45, 2.75) is 13.8 Å². The SMILES string of the molecule is C=C(/C=C\c1sc2cccc(C)c2c1C)c1ccc2c(c1)c1ccccc1n2-c1ccccc1. The fourth-order valence-electron chi connectivity index (χ4n) is 4.98. The Morgan fingerprint density at radius 1 is 0.794 bits per heavy atom. The summed E-state index contributed by atoms with van der Waals surface area (Å²) >= 11 is 1.85. The van der Waals surface area contributed by atoms with E-state index in [1.54, 1.807) is 0 Å². The molecule has 6 aromatic rings. The molecule has 0 amide bonds. The molecule has 2 heteroatoms. The monoisotopic (exact) mass is 455 g/mol. The molecule has 0 fully saturated rings. The van der Waals surface area contributed by atoms with Crippen molar-refractivity contribution in [1.29, 1.82) is 0 Å². The highest BCUT2D eigenvalue weighted by Gasteiger charge is 2.13. The van der Waals surface area contributed by atoms with E-state index in [2.05, 4.69) is 128 Å². The number of allylic oxidation sites excluding steroid dienone is 2. The van der Waals surface area contributed by atoms with Crippen LogP contribution in [0.1, 0.15) is 21.6 Å². The van der Waals surface area contributed by atoms with E-state index in [0.29, 0.717) is 0 Å². The molecule has 0 spiro atoms. The van der Waals surface area contributed by atoms with Gasteiger partial charge in [0, 0.05) is 26.0 Å². The van der Waals surface area contributed by atoms with Gasteiger partial charge in [0.1, 0.15) is 0 Å². The third kappa shape index (κ3) is 3.30. The Kier molecular flexibility index (Phi) is 4.97. The van der Waals surface area contributed by atoms with E-state index in [0.717, 1.165) is 11.1 Å². The van der Waals surface area contributed by atoms with E-state index in [9.17, 15) is 0 Å². The molecule has 0 radical (unpaired) electrons. The minimum atomic E-state index is 1.02. The smallest absolute Gasteiger partial charge is 0.0541 e. The number of hydrogen-bond donors (Lipinski definition) is 0. The summed E-state index contributed by atoms with van der Waals surface area (Å²) in [6.07, 6.45) is 4.38. The topological polar surface area (TPSA) is 4.93 Å². The normalized spacial score (nSPS) is 11.8. The molecular weight excluding hydrogens is 430 g/mol. The van der Waals surface area contributed by atoms with Gasteiger partial charge in [-0.25, -0.2) is 0 Å². The molecule has 2 aromatic heterocycles. The number of fused-ring (bicyclic) bond motifs is 4. The summed E-state index contributed by atoms with van der Waals surface area (Å²) in [5, 5.41) is 3.89. The van der Waals surface area contributed by atoms with E-state index in [4.69, 9.17) is 0 Å². The zero-order valence-electron chi connectivity index (χ0n) is 19.4. The number of aromatic nitrogens is 1. The molecule has 0 unspecified atom stereocenters. The second-order valence-electron chi connectivity index (χ2n) is 8.82. The number of thiophene rings is 1. The predicted octanol–water partition coefficient (Wildman–Crippen LogP) is 9.34. The Morgan fingerprint density at radius 2 is 1.56 bits per heavy atom. The molecule has 34 heavy (non-hydrogen) atoms. The van der Waals surface area contributed by atoms with Crippen LogP contribution in [0.15, 0.2) is 104 Å². The maximum atomic E-state index is 4.40. The lowest BCUT2D eigenvalue weighted by Crippen LogP contribution is -1.92. The maximum absolute atomic E-state index is 4.40. The first-order valence-corrected chi connectivity index (χ1v) is 12.4. The van der Waals surface area contributed by atoms with Crippen molar-refractivity contribution >= 4 is 54.9 Å². The molecule has 2 heterocycles. The molecule has 1 nitrogen and oxygen atoms in total. The van der Waals surface area contributed by atoms with Crippen LogP contribution in [0.3, 0.4) is 0 Å². The standard InChI is InChI=1S/C32H25NS/c1-21(16-19-30-23(3)32-22(2)10-9-15-31(32)34-30)24-17-18-29-27(20-24)26-13-7-8-14-28(26)33(29)25-11-5-4-6-12-25/h4-20H,1H2,2-3H3/b19-16-. The van der Waals surface area contributed by atoms with Gasteiger partial charge in [-0.05, 0) is 84.0 Å². The molecule has 4 aromatic carbocycles. The Bertz CT molecular complexity index is 1730. The van der Waals surface area contributed by atoms with E-state index in [1.807, 2.05) is 11.3 Å². The van der Waals surface area contributed by atoms with Crippen LogP contribution in [-0.2, 0) is 0 Å². The Labute approximate surface area is 203 Å². The largest absolute Gasteiger partial charge is 0.309 e. The van der Waals surface area contributed by atoms with Gasteiger partial charge < -0.3 is 4.57 Å². The number of aryl methyl sites for hydroxylation is 2. The minimum absolute atomic E-state index is 1.02. The Morgan fingerprint density at radius 3 is 2.38 bits per heavy atom. The molecule has 0 saturated heterocycles. The highest BCUT2D eigenvalue weighted by molar-refractivity contribution is 7.20. The second-order valence-corrected chi connectivity index (χ2v) is 9.90. The molecule has 0 aliphatic rings. The van der Waals surface area contributed by atoms with Crippen LogP contribution in [-0.4, -0.2) is 4.57 Å². The summed E-state index contributed by atoms with van der Waals surface area (Å²) in [5.74, 6) is 0. The number of hydrogen-bond acceptors (Lipinski definition) is 1. The molecular formula is C32H25NS.